The molecule has 0 amide bonds. The van der Waals surface area contributed by atoms with Crippen LogP contribution in [0.4, 0.5) is 0 Å². The van der Waals surface area contributed by atoms with Crippen LogP contribution in [0.1, 0.15) is 38.4 Å². The van der Waals surface area contributed by atoms with Gasteiger partial charge in [-0.05, 0) is 25.3 Å². The maximum atomic E-state index is 11.0. The van der Waals surface area contributed by atoms with Crippen LogP contribution in [0.15, 0.2) is 4.52 Å². The van der Waals surface area contributed by atoms with E-state index in [0.29, 0.717) is 30.6 Å². The molecule has 1 aliphatic rings. The molecule has 1 unspecified atom stereocenters. The van der Waals surface area contributed by atoms with Crippen molar-refractivity contribution < 1.29 is 14.4 Å². The summed E-state index contributed by atoms with van der Waals surface area (Å²) in [5.74, 6) is 0.917. The van der Waals surface area contributed by atoms with Gasteiger partial charge in [0.15, 0.2) is 5.82 Å². The minimum absolute atomic E-state index is 0.406. The van der Waals surface area contributed by atoms with E-state index in [-0.39, 0.29) is 0 Å². The number of carboxylic acids is 1. The van der Waals surface area contributed by atoms with Crippen molar-refractivity contribution in [3.05, 3.63) is 11.7 Å². The van der Waals surface area contributed by atoms with Crippen LogP contribution in [-0.2, 0) is 17.8 Å². The molecule has 100 valence electrons. The zero-order chi connectivity index (χ0) is 13.1. The van der Waals surface area contributed by atoms with Crippen molar-refractivity contribution in [1.82, 2.24) is 15.0 Å². The number of carboxylic acid groups (broad SMARTS) is 1. The molecule has 1 atom stereocenters. The Bertz CT molecular complexity index is 416. The Kier molecular flexibility index (Phi) is 3.96. The summed E-state index contributed by atoms with van der Waals surface area (Å²) >= 11 is 0. The normalized spacial score (nSPS) is 20.7. The highest BCUT2D eigenvalue weighted by Crippen LogP contribution is 2.19. The van der Waals surface area contributed by atoms with E-state index in [1.54, 1.807) is 0 Å². The fourth-order valence-corrected chi connectivity index (χ4v) is 2.26. The van der Waals surface area contributed by atoms with E-state index < -0.39 is 12.0 Å². The Morgan fingerprint density at radius 1 is 1.61 bits per heavy atom. The predicted octanol–water partition coefficient (Wildman–Crippen LogP) is 1.32. The molecule has 1 fully saturated rings. The van der Waals surface area contributed by atoms with Gasteiger partial charge >= 0.3 is 5.97 Å². The van der Waals surface area contributed by atoms with Crippen LogP contribution in [0.25, 0.3) is 0 Å². The lowest BCUT2D eigenvalue weighted by Gasteiger charge is -2.18. The van der Waals surface area contributed by atoms with Gasteiger partial charge in [-0.25, -0.2) is 0 Å². The highest BCUT2D eigenvalue weighted by atomic mass is 16.5. The number of rotatable bonds is 5. The standard InChI is InChI=1S/C12H19N3O3/c1-8(2)6-11-13-10(14-18-11)7-15-5-3-4-9(15)12(16)17/h8-9H,3-7H2,1-2H3,(H,16,17). The molecule has 6 nitrogen and oxygen atoms in total. The molecule has 18 heavy (non-hydrogen) atoms. The number of likely N-dealkylation sites (tertiary alicyclic amines) is 1. The molecule has 1 aromatic rings. The first kappa shape index (κ1) is 13.0. The molecule has 6 heteroatoms. The van der Waals surface area contributed by atoms with Crippen LogP contribution in [0, 0.1) is 5.92 Å². The van der Waals surface area contributed by atoms with Crippen LogP contribution < -0.4 is 0 Å². The zero-order valence-electron chi connectivity index (χ0n) is 10.8. The maximum absolute atomic E-state index is 11.0. The third-order valence-corrected chi connectivity index (χ3v) is 3.09. The molecule has 0 aliphatic carbocycles. The minimum Gasteiger partial charge on any atom is -0.480 e. The predicted molar refractivity (Wildman–Crippen MR) is 63.9 cm³/mol. The Morgan fingerprint density at radius 3 is 3.06 bits per heavy atom. The fourth-order valence-electron chi connectivity index (χ4n) is 2.26. The molecule has 0 radical (unpaired) electrons. The lowest BCUT2D eigenvalue weighted by molar-refractivity contribution is -0.142. The number of carbonyl (C=O) groups is 1. The van der Waals surface area contributed by atoms with Gasteiger partial charge in [-0.2, -0.15) is 4.98 Å². The molecular weight excluding hydrogens is 234 g/mol. The third-order valence-electron chi connectivity index (χ3n) is 3.09. The maximum Gasteiger partial charge on any atom is 0.320 e. The average Bonchev–Trinajstić information content (AvgIpc) is 2.87. The lowest BCUT2D eigenvalue weighted by atomic mass is 10.1. The summed E-state index contributed by atoms with van der Waals surface area (Å²) in [4.78, 5) is 17.2. The third kappa shape index (κ3) is 3.07. The van der Waals surface area contributed by atoms with Crippen molar-refractivity contribution in [3.8, 4) is 0 Å². The summed E-state index contributed by atoms with van der Waals surface area (Å²) in [6.45, 7) is 5.42. The summed E-state index contributed by atoms with van der Waals surface area (Å²) < 4.78 is 5.15. The van der Waals surface area contributed by atoms with Crippen molar-refractivity contribution in [2.24, 2.45) is 5.92 Å². The molecule has 0 bridgehead atoms. The quantitative estimate of drug-likeness (QED) is 0.852. The van der Waals surface area contributed by atoms with Crippen molar-refractivity contribution in [3.63, 3.8) is 0 Å². The largest absolute Gasteiger partial charge is 0.480 e. The molecule has 0 aromatic carbocycles. The fraction of sp³-hybridized carbons (Fsp3) is 0.750. The van der Waals surface area contributed by atoms with Gasteiger partial charge in [-0.3, -0.25) is 9.69 Å². The highest BCUT2D eigenvalue weighted by Gasteiger charge is 2.31. The van der Waals surface area contributed by atoms with Crippen LogP contribution in [0.2, 0.25) is 0 Å². The highest BCUT2D eigenvalue weighted by molar-refractivity contribution is 5.73. The van der Waals surface area contributed by atoms with Crippen LogP contribution in [0.3, 0.4) is 0 Å². The molecule has 0 saturated carbocycles. The van der Waals surface area contributed by atoms with E-state index >= 15 is 0 Å². The lowest BCUT2D eigenvalue weighted by Crippen LogP contribution is -2.35. The van der Waals surface area contributed by atoms with Crippen molar-refractivity contribution in [2.75, 3.05) is 6.54 Å². The number of aliphatic carboxylic acids is 1. The van der Waals surface area contributed by atoms with Gasteiger partial charge < -0.3 is 9.63 Å². The van der Waals surface area contributed by atoms with Crippen LogP contribution in [0.5, 0.6) is 0 Å². The summed E-state index contributed by atoms with van der Waals surface area (Å²) in [6.07, 6.45) is 2.37. The average molecular weight is 253 g/mol. The van der Waals surface area contributed by atoms with Gasteiger partial charge in [0.2, 0.25) is 5.89 Å². The molecular formula is C12H19N3O3. The van der Waals surface area contributed by atoms with Gasteiger partial charge in [-0.15, -0.1) is 0 Å². The van der Waals surface area contributed by atoms with Gasteiger partial charge in [0.1, 0.15) is 6.04 Å². The molecule has 1 saturated heterocycles. The second kappa shape index (κ2) is 5.48. The zero-order valence-corrected chi connectivity index (χ0v) is 10.8. The topological polar surface area (TPSA) is 79.5 Å². The second-order valence-electron chi connectivity index (χ2n) is 5.17. The summed E-state index contributed by atoms with van der Waals surface area (Å²) in [5, 5.41) is 13.0. The molecule has 1 N–H and O–H groups in total. The monoisotopic (exact) mass is 253 g/mol. The Balaban J connectivity index is 1.96. The molecule has 1 aliphatic heterocycles. The van der Waals surface area contributed by atoms with Gasteiger partial charge in [0.25, 0.3) is 0 Å². The Morgan fingerprint density at radius 2 is 2.39 bits per heavy atom. The minimum atomic E-state index is -0.765. The van der Waals surface area contributed by atoms with Gasteiger partial charge in [0.05, 0.1) is 6.54 Å². The van der Waals surface area contributed by atoms with Crippen molar-refractivity contribution in [2.45, 2.75) is 45.7 Å². The molecule has 1 aromatic heterocycles. The van der Waals surface area contributed by atoms with Gasteiger partial charge in [-0.1, -0.05) is 19.0 Å². The summed E-state index contributed by atoms with van der Waals surface area (Å²) in [7, 11) is 0. The number of hydrogen-bond acceptors (Lipinski definition) is 5. The van der Waals surface area contributed by atoms with Crippen LogP contribution >= 0.6 is 0 Å². The summed E-state index contributed by atoms with van der Waals surface area (Å²) in [6, 6.07) is -0.406. The van der Waals surface area contributed by atoms with E-state index in [9.17, 15) is 4.79 Å². The van der Waals surface area contributed by atoms with Crippen LogP contribution in [-0.4, -0.2) is 38.7 Å². The number of aromatic nitrogens is 2. The first-order valence-electron chi connectivity index (χ1n) is 6.34. The van der Waals surface area contributed by atoms with E-state index in [1.807, 2.05) is 4.90 Å². The first-order valence-corrected chi connectivity index (χ1v) is 6.34. The number of hydrogen-bond donors (Lipinski definition) is 1. The van der Waals surface area contributed by atoms with E-state index in [2.05, 4.69) is 24.0 Å². The van der Waals surface area contributed by atoms with E-state index in [1.165, 1.54) is 0 Å². The smallest absolute Gasteiger partial charge is 0.320 e. The molecule has 2 heterocycles. The van der Waals surface area contributed by atoms with Crippen molar-refractivity contribution >= 4 is 5.97 Å². The molecule has 0 spiro atoms. The van der Waals surface area contributed by atoms with E-state index in [0.717, 1.165) is 19.4 Å². The Labute approximate surface area is 106 Å². The second-order valence-corrected chi connectivity index (χ2v) is 5.17. The Hall–Kier alpha value is -1.43. The number of nitrogens with zero attached hydrogens (tertiary/aromatic N) is 3. The van der Waals surface area contributed by atoms with Crippen molar-refractivity contribution in [1.29, 1.82) is 0 Å². The van der Waals surface area contributed by atoms with Gasteiger partial charge in [0, 0.05) is 6.42 Å². The molecule has 2 rings (SSSR count). The summed E-state index contributed by atoms with van der Waals surface area (Å²) in [5.41, 5.74) is 0. The SMILES string of the molecule is CC(C)Cc1nc(CN2CCCC2C(=O)O)no1. The van der Waals surface area contributed by atoms with E-state index in [4.69, 9.17) is 9.63 Å². The first-order chi connectivity index (χ1) is 8.56.